The van der Waals surface area contributed by atoms with E-state index in [1.165, 1.54) is 12.8 Å². The summed E-state index contributed by atoms with van der Waals surface area (Å²) in [6.45, 7) is 4.10. The monoisotopic (exact) mass is 230 g/mol. The van der Waals surface area contributed by atoms with Gasteiger partial charge in [0.25, 0.3) is 0 Å². The summed E-state index contributed by atoms with van der Waals surface area (Å²) in [5, 5.41) is 19.0. The predicted octanol–water partition coefficient (Wildman–Crippen LogP) is 2.79. The average molecular weight is 230 g/mol. The molecule has 0 aromatic heterocycles. The van der Waals surface area contributed by atoms with E-state index in [1.807, 2.05) is 6.92 Å². The Morgan fingerprint density at radius 1 is 0.938 bits per heavy atom. The van der Waals surface area contributed by atoms with Crippen molar-refractivity contribution in [2.24, 2.45) is 0 Å². The first-order valence-electron chi connectivity index (χ1n) is 6.52. The average Bonchev–Trinajstić information content (AvgIpc) is 2.26. The summed E-state index contributed by atoms with van der Waals surface area (Å²) < 4.78 is 0. The minimum absolute atomic E-state index is 0.164. The molecule has 0 saturated carbocycles. The van der Waals surface area contributed by atoms with Gasteiger partial charge in [0.2, 0.25) is 5.79 Å². The first-order valence-corrected chi connectivity index (χ1v) is 6.52. The molecule has 0 rings (SSSR count). The summed E-state index contributed by atoms with van der Waals surface area (Å²) >= 11 is 0. The highest BCUT2D eigenvalue weighted by Crippen LogP contribution is 2.16. The molecular formula is C13H26O3. The molecule has 3 heteroatoms. The summed E-state index contributed by atoms with van der Waals surface area (Å²) in [6.07, 6.45) is 7.26. The lowest BCUT2D eigenvalue weighted by atomic mass is 9.99. The Kier molecular flexibility index (Phi) is 8.49. The Morgan fingerprint density at radius 2 is 1.50 bits per heavy atom. The zero-order valence-electron chi connectivity index (χ0n) is 10.7. The normalized spacial score (nSPS) is 11.8. The molecule has 0 heterocycles. The maximum absolute atomic E-state index is 11.5. The highest BCUT2D eigenvalue weighted by atomic mass is 16.5. The maximum atomic E-state index is 11.5. The van der Waals surface area contributed by atoms with Gasteiger partial charge in [-0.3, -0.25) is 4.79 Å². The summed E-state index contributed by atoms with van der Waals surface area (Å²) in [5.74, 6) is -2.50. The first kappa shape index (κ1) is 15.6. The fourth-order valence-electron chi connectivity index (χ4n) is 1.65. The van der Waals surface area contributed by atoms with Crippen LogP contribution < -0.4 is 0 Å². The predicted molar refractivity (Wildman–Crippen MR) is 65.1 cm³/mol. The third-order valence-electron chi connectivity index (χ3n) is 2.83. The number of carbonyl (C=O) groups excluding carboxylic acids is 1. The molecule has 0 fully saturated rings. The molecule has 0 saturated heterocycles. The Bertz CT molecular complexity index is 188. The minimum atomic E-state index is -2.08. The quantitative estimate of drug-likeness (QED) is 0.448. The van der Waals surface area contributed by atoms with Crippen molar-refractivity contribution in [3.63, 3.8) is 0 Å². The third kappa shape index (κ3) is 6.96. The third-order valence-corrected chi connectivity index (χ3v) is 2.83. The van der Waals surface area contributed by atoms with E-state index < -0.39 is 11.6 Å². The van der Waals surface area contributed by atoms with E-state index in [1.54, 1.807) is 0 Å². The van der Waals surface area contributed by atoms with Gasteiger partial charge in [-0.1, -0.05) is 46.0 Å². The zero-order chi connectivity index (χ0) is 12.4. The molecule has 0 unspecified atom stereocenters. The highest BCUT2D eigenvalue weighted by Gasteiger charge is 2.30. The summed E-state index contributed by atoms with van der Waals surface area (Å²) in [7, 11) is 0. The molecule has 96 valence electrons. The number of unbranched alkanes of at least 4 members (excludes halogenated alkanes) is 5. The number of carbonyl (C=O) groups is 1. The maximum Gasteiger partial charge on any atom is 0.223 e. The van der Waals surface area contributed by atoms with Crippen LogP contribution in [0.15, 0.2) is 0 Å². The van der Waals surface area contributed by atoms with Crippen LogP contribution in [0, 0.1) is 0 Å². The van der Waals surface area contributed by atoms with Gasteiger partial charge in [-0.2, -0.15) is 0 Å². The van der Waals surface area contributed by atoms with Crippen LogP contribution in [0.1, 0.15) is 71.6 Å². The molecule has 0 aliphatic carbocycles. The van der Waals surface area contributed by atoms with E-state index in [0.717, 1.165) is 25.7 Å². The van der Waals surface area contributed by atoms with Crippen LogP contribution in [0.25, 0.3) is 0 Å². The lowest BCUT2D eigenvalue weighted by Gasteiger charge is -2.19. The standard InChI is InChI=1S/C13H26O3/c1-3-5-7-8-9-10-12(14)13(15,16)11-6-4-2/h15-16H,3-11H2,1-2H3. The fourth-order valence-corrected chi connectivity index (χ4v) is 1.65. The Balaban J connectivity index is 3.69. The van der Waals surface area contributed by atoms with E-state index in [-0.39, 0.29) is 6.42 Å². The van der Waals surface area contributed by atoms with Gasteiger partial charge >= 0.3 is 0 Å². The molecule has 0 spiro atoms. The molecular weight excluding hydrogens is 204 g/mol. The van der Waals surface area contributed by atoms with Crippen molar-refractivity contribution in [2.45, 2.75) is 77.4 Å². The summed E-state index contributed by atoms with van der Waals surface area (Å²) in [4.78, 5) is 11.5. The van der Waals surface area contributed by atoms with Gasteiger partial charge in [0, 0.05) is 12.8 Å². The fraction of sp³-hybridized carbons (Fsp3) is 0.923. The Hall–Kier alpha value is -0.410. The lowest BCUT2D eigenvalue weighted by Crippen LogP contribution is -2.38. The number of ketones is 1. The lowest BCUT2D eigenvalue weighted by molar-refractivity contribution is -0.185. The van der Waals surface area contributed by atoms with Crippen LogP contribution in [0.5, 0.6) is 0 Å². The smallest absolute Gasteiger partial charge is 0.223 e. The molecule has 0 atom stereocenters. The van der Waals surface area contributed by atoms with Gasteiger partial charge in [0.05, 0.1) is 0 Å². The number of Topliss-reactive ketones (excluding diaryl/α,β-unsaturated/α-hetero) is 1. The van der Waals surface area contributed by atoms with Gasteiger partial charge in [0.15, 0.2) is 5.78 Å². The van der Waals surface area contributed by atoms with Crippen LogP contribution in [0.4, 0.5) is 0 Å². The van der Waals surface area contributed by atoms with Crippen molar-refractivity contribution in [2.75, 3.05) is 0 Å². The highest BCUT2D eigenvalue weighted by molar-refractivity contribution is 5.85. The van der Waals surface area contributed by atoms with E-state index in [4.69, 9.17) is 0 Å². The number of aliphatic hydroxyl groups is 2. The molecule has 0 aromatic rings. The minimum Gasteiger partial charge on any atom is -0.360 e. The van der Waals surface area contributed by atoms with E-state index in [2.05, 4.69) is 6.92 Å². The summed E-state index contributed by atoms with van der Waals surface area (Å²) in [6, 6.07) is 0. The molecule has 0 aromatic carbocycles. The van der Waals surface area contributed by atoms with Gasteiger partial charge in [-0.25, -0.2) is 0 Å². The molecule has 0 amide bonds. The van der Waals surface area contributed by atoms with Gasteiger partial charge in [0.1, 0.15) is 0 Å². The molecule has 16 heavy (non-hydrogen) atoms. The van der Waals surface area contributed by atoms with E-state index in [0.29, 0.717) is 12.8 Å². The van der Waals surface area contributed by atoms with Crippen molar-refractivity contribution in [1.82, 2.24) is 0 Å². The molecule has 3 nitrogen and oxygen atoms in total. The number of rotatable bonds is 10. The second kappa shape index (κ2) is 8.71. The van der Waals surface area contributed by atoms with Gasteiger partial charge < -0.3 is 10.2 Å². The summed E-state index contributed by atoms with van der Waals surface area (Å²) in [5.41, 5.74) is 0. The SMILES string of the molecule is CCCCCCCC(=O)C(O)(O)CCCC. The van der Waals surface area contributed by atoms with Crippen LogP contribution >= 0.6 is 0 Å². The number of hydrogen-bond acceptors (Lipinski definition) is 3. The van der Waals surface area contributed by atoms with Crippen LogP contribution in [0.3, 0.4) is 0 Å². The van der Waals surface area contributed by atoms with Gasteiger partial charge in [-0.05, 0) is 12.8 Å². The molecule has 0 bridgehead atoms. The molecule has 0 aliphatic heterocycles. The Morgan fingerprint density at radius 3 is 2.06 bits per heavy atom. The van der Waals surface area contributed by atoms with Crippen molar-refractivity contribution < 1.29 is 15.0 Å². The molecule has 2 N–H and O–H groups in total. The van der Waals surface area contributed by atoms with Crippen LogP contribution in [-0.4, -0.2) is 21.8 Å². The van der Waals surface area contributed by atoms with Crippen molar-refractivity contribution in [3.8, 4) is 0 Å². The molecule has 0 aliphatic rings. The van der Waals surface area contributed by atoms with Crippen molar-refractivity contribution in [3.05, 3.63) is 0 Å². The largest absolute Gasteiger partial charge is 0.360 e. The first-order chi connectivity index (χ1) is 7.54. The van der Waals surface area contributed by atoms with Crippen LogP contribution in [0.2, 0.25) is 0 Å². The topological polar surface area (TPSA) is 57.5 Å². The van der Waals surface area contributed by atoms with Crippen LogP contribution in [-0.2, 0) is 4.79 Å². The second-order valence-corrected chi connectivity index (χ2v) is 4.51. The van der Waals surface area contributed by atoms with Crippen molar-refractivity contribution in [1.29, 1.82) is 0 Å². The van der Waals surface area contributed by atoms with Gasteiger partial charge in [-0.15, -0.1) is 0 Å². The zero-order valence-corrected chi connectivity index (χ0v) is 10.7. The van der Waals surface area contributed by atoms with E-state index >= 15 is 0 Å². The number of hydrogen-bond donors (Lipinski definition) is 2. The second-order valence-electron chi connectivity index (χ2n) is 4.51. The van der Waals surface area contributed by atoms with Crippen molar-refractivity contribution >= 4 is 5.78 Å². The Labute approximate surface area is 98.9 Å². The molecule has 0 radical (unpaired) electrons. The van der Waals surface area contributed by atoms with E-state index in [9.17, 15) is 15.0 Å².